The van der Waals surface area contributed by atoms with Crippen LogP contribution in [-0.2, 0) is 6.67 Å². The summed E-state index contributed by atoms with van der Waals surface area (Å²) in [4.78, 5) is 6.64. The molecule has 28 heavy (non-hydrogen) atoms. The number of likely N-dealkylation sites (tertiary alicyclic amines) is 1. The first-order valence-electron chi connectivity index (χ1n) is 9.20. The molecule has 3 heterocycles. The van der Waals surface area contributed by atoms with Crippen LogP contribution < -0.4 is 0 Å². The van der Waals surface area contributed by atoms with E-state index in [1.807, 2.05) is 16.9 Å². The lowest BCUT2D eigenvalue weighted by molar-refractivity contribution is 0.157. The van der Waals surface area contributed by atoms with E-state index < -0.39 is 0 Å². The highest BCUT2D eigenvalue weighted by Crippen LogP contribution is 2.32. The second-order valence-corrected chi connectivity index (χ2v) is 7.37. The number of hydrogen-bond acceptors (Lipinski definition) is 4. The Balaban J connectivity index is 1.67. The van der Waals surface area contributed by atoms with Crippen molar-refractivity contribution in [2.75, 3.05) is 13.1 Å². The molecule has 5 nitrogen and oxygen atoms in total. The number of hydrogen-bond donors (Lipinski definition) is 0. The Morgan fingerprint density at radius 3 is 2.61 bits per heavy atom. The summed E-state index contributed by atoms with van der Waals surface area (Å²) in [7, 11) is 0. The topological polar surface area (TPSA) is 57.7 Å². The van der Waals surface area contributed by atoms with Crippen LogP contribution in [-0.4, -0.2) is 32.8 Å². The first kappa shape index (κ1) is 18.6. The molecule has 0 aliphatic carbocycles. The van der Waals surface area contributed by atoms with Gasteiger partial charge in [-0.3, -0.25) is 14.6 Å². The predicted octanol–water partition coefficient (Wildman–Crippen LogP) is 4.60. The third-order valence-corrected chi connectivity index (χ3v) is 5.23. The summed E-state index contributed by atoms with van der Waals surface area (Å²) in [5.74, 6) is -0.186. The number of pyridine rings is 1. The molecule has 0 saturated carbocycles. The van der Waals surface area contributed by atoms with E-state index in [4.69, 9.17) is 16.9 Å². The predicted molar refractivity (Wildman–Crippen MR) is 106 cm³/mol. The van der Waals surface area contributed by atoms with E-state index >= 15 is 0 Å². The van der Waals surface area contributed by atoms with E-state index in [2.05, 4.69) is 21.1 Å². The zero-order valence-electron chi connectivity index (χ0n) is 15.2. The van der Waals surface area contributed by atoms with E-state index in [1.54, 1.807) is 30.5 Å². The van der Waals surface area contributed by atoms with Crippen molar-refractivity contribution in [1.29, 1.82) is 5.26 Å². The van der Waals surface area contributed by atoms with Gasteiger partial charge in [-0.1, -0.05) is 23.7 Å². The van der Waals surface area contributed by atoms with Gasteiger partial charge in [0.25, 0.3) is 0 Å². The third-order valence-electron chi connectivity index (χ3n) is 5.01. The fourth-order valence-corrected chi connectivity index (χ4v) is 3.59. The van der Waals surface area contributed by atoms with E-state index in [9.17, 15) is 4.39 Å². The maximum Gasteiger partial charge on any atom is 0.132 e. The van der Waals surface area contributed by atoms with Gasteiger partial charge in [0.1, 0.15) is 11.5 Å². The van der Waals surface area contributed by atoms with Crippen molar-refractivity contribution in [1.82, 2.24) is 19.7 Å². The van der Waals surface area contributed by atoms with Crippen LogP contribution in [0.3, 0.4) is 0 Å². The maximum atomic E-state index is 14.5. The Bertz CT molecular complexity index is 1000. The normalized spacial score (nSPS) is 15.5. The molecule has 0 atom stereocenters. The number of rotatable bonds is 4. The lowest BCUT2D eigenvalue weighted by Crippen LogP contribution is -2.34. The Morgan fingerprint density at radius 2 is 1.93 bits per heavy atom. The number of piperidine rings is 1. The summed E-state index contributed by atoms with van der Waals surface area (Å²) in [5, 5.41) is 14.3. The fourth-order valence-electron chi connectivity index (χ4n) is 3.48. The zero-order valence-corrected chi connectivity index (χ0v) is 16.0. The van der Waals surface area contributed by atoms with Gasteiger partial charge >= 0.3 is 0 Å². The first-order valence-corrected chi connectivity index (χ1v) is 9.58. The van der Waals surface area contributed by atoms with Gasteiger partial charge < -0.3 is 0 Å². The lowest BCUT2D eigenvalue weighted by atomic mass is 9.99. The maximum absolute atomic E-state index is 14.5. The van der Waals surface area contributed by atoms with E-state index in [0.717, 1.165) is 31.5 Å². The molecule has 0 N–H and O–H groups in total. The number of nitriles is 1. The standard InChI is InChI=1S/C21H19ClFN5/c22-16-5-6-20(25-12-16)18-13-28(14-27-9-7-15(11-24)8-10-27)26-21(18)17-3-1-2-4-19(17)23/h1-6,12-13,15H,7-10,14H2. The van der Waals surface area contributed by atoms with Crippen LogP contribution in [0.5, 0.6) is 0 Å². The summed E-state index contributed by atoms with van der Waals surface area (Å²) >= 11 is 5.97. The molecule has 7 heteroatoms. The van der Waals surface area contributed by atoms with Crippen LogP contribution in [0.15, 0.2) is 48.8 Å². The highest BCUT2D eigenvalue weighted by Gasteiger charge is 2.21. The molecule has 0 bridgehead atoms. The van der Waals surface area contributed by atoms with Crippen molar-refractivity contribution < 1.29 is 4.39 Å². The van der Waals surface area contributed by atoms with Crippen LogP contribution in [0.25, 0.3) is 22.5 Å². The van der Waals surface area contributed by atoms with Crippen LogP contribution in [0, 0.1) is 23.1 Å². The monoisotopic (exact) mass is 395 g/mol. The van der Waals surface area contributed by atoms with Gasteiger partial charge in [-0.2, -0.15) is 10.4 Å². The molecule has 1 saturated heterocycles. The molecule has 1 aliphatic heterocycles. The molecule has 142 valence electrons. The zero-order chi connectivity index (χ0) is 19.5. The van der Waals surface area contributed by atoms with Crippen molar-refractivity contribution in [3.63, 3.8) is 0 Å². The van der Waals surface area contributed by atoms with Crippen molar-refractivity contribution in [3.8, 4) is 28.6 Å². The average Bonchev–Trinajstić information content (AvgIpc) is 3.13. The molecule has 1 fully saturated rings. The Hall–Kier alpha value is -2.75. The summed E-state index contributed by atoms with van der Waals surface area (Å²) < 4.78 is 16.3. The fraction of sp³-hybridized carbons (Fsp3) is 0.286. The Labute approximate surface area is 168 Å². The van der Waals surface area contributed by atoms with Crippen LogP contribution in [0.1, 0.15) is 12.8 Å². The van der Waals surface area contributed by atoms with E-state index in [1.165, 1.54) is 6.07 Å². The van der Waals surface area contributed by atoms with Gasteiger partial charge in [0, 0.05) is 42.5 Å². The highest BCUT2D eigenvalue weighted by molar-refractivity contribution is 6.30. The molecule has 0 spiro atoms. The molecular formula is C21H19ClFN5. The summed E-state index contributed by atoms with van der Waals surface area (Å²) in [5.41, 5.74) is 2.45. The highest BCUT2D eigenvalue weighted by atomic mass is 35.5. The van der Waals surface area contributed by atoms with Gasteiger partial charge in [0.05, 0.1) is 23.5 Å². The molecule has 0 amide bonds. The number of benzene rings is 1. The average molecular weight is 396 g/mol. The van der Waals surface area contributed by atoms with Gasteiger partial charge in [0.2, 0.25) is 0 Å². The molecule has 1 aliphatic rings. The Kier molecular flexibility index (Phi) is 5.38. The number of nitrogens with zero attached hydrogens (tertiary/aromatic N) is 5. The summed E-state index contributed by atoms with van der Waals surface area (Å²) in [6.45, 7) is 2.29. The third kappa shape index (κ3) is 3.91. The van der Waals surface area contributed by atoms with Crippen molar-refractivity contribution >= 4 is 11.6 Å². The van der Waals surface area contributed by atoms with E-state index in [0.29, 0.717) is 28.6 Å². The number of aromatic nitrogens is 3. The molecule has 0 radical (unpaired) electrons. The molecule has 2 aromatic heterocycles. The second-order valence-electron chi connectivity index (χ2n) is 6.94. The number of halogens is 2. The smallest absolute Gasteiger partial charge is 0.132 e. The first-order chi connectivity index (χ1) is 13.6. The lowest BCUT2D eigenvalue weighted by Gasteiger charge is -2.28. The second kappa shape index (κ2) is 8.09. The molecule has 3 aromatic rings. The molecule has 0 unspecified atom stereocenters. The quantitative estimate of drug-likeness (QED) is 0.647. The van der Waals surface area contributed by atoms with Crippen molar-refractivity contribution in [2.24, 2.45) is 5.92 Å². The minimum Gasteiger partial charge on any atom is -0.284 e. The molecular weight excluding hydrogens is 377 g/mol. The minimum atomic E-state index is -0.321. The van der Waals surface area contributed by atoms with Gasteiger partial charge in [0.15, 0.2) is 0 Å². The summed E-state index contributed by atoms with van der Waals surface area (Å²) in [6.07, 6.45) is 5.20. The Morgan fingerprint density at radius 1 is 1.14 bits per heavy atom. The largest absolute Gasteiger partial charge is 0.284 e. The molecule has 4 rings (SSSR count). The van der Waals surface area contributed by atoms with Gasteiger partial charge in [-0.15, -0.1) is 0 Å². The van der Waals surface area contributed by atoms with Crippen LogP contribution in [0.4, 0.5) is 4.39 Å². The molecule has 1 aromatic carbocycles. The summed E-state index contributed by atoms with van der Waals surface area (Å²) in [6, 6.07) is 12.5. The SMILES string of the molecule is N#CC1CCN(Cn2cc(-c3ccc(Cl)cn3)c(-c3ccccc3F)n2)CC1. The van der Waals surface area contributed by atoms with Crippen LogP contribution >= 0.6 is 11.6 Å². The van der Waals surface area contributed by atoms with E-state index in [-0.39, 0.29) is 11.7 Å². The minimum absolute atomic E-state index is 0.136. The van der Waals surface area contributed by atoms with Gasteiger partial charge in [-0.05, 0) is 37.1 Å². The van der Waals surface area contributed by atoms with Crippen molar-refractivity contribution in [3.05, 3.63) is 59.6 Å². The van der Waals surface area contributed by atoms with Crippen LogP contribution in [0.2, 0.25) is 5.02 Å². The van der Waals surface area contributed by atoms with Gasteiger partial charge in [-0.25, -0.2) is 4.39 Å². The van der Waals surface area contributed by atoms with Crippen molar-refractivity contribution in [2.45, 2.75) is 19.5 Å².